The van der Waals surface area contributed by atoms with Crippen molar-refractivity contribution in [3.8, 4) is 12.3 Å². The molecule has 0 atom stereocenters. The van der Waals surface area contributed by atoms with E-state index in [1.54, 1.807) is 24.3 Å². The minimum Gasteiger partial charge on any atom is -0.465 e. The van der Waals surface area contributed by atoms with E-state index in [0.717, 1.165) is 0 Å². The van der Waals surface area contributed by atoms with Gasteiger partial charge < -0.3 is 15.4 Å². The molecule has 0 radical (unpaired) electrons. The Balaban J connectivity index is 2.17. The van der Waals surface area contributed by atoms with E-state index in [1.807, 2.05) is 0 Å². The lowest BCUT2D eigenvalue weighted by molar-refractivity contribution is 0.0600. The van der Waals surface area contributed by atoms with E-state index in [9.17, 15) is 14.4 Å². The van der Waals surface area contributed by atoms with Crippen LogP contribution in [0.25, 0.3) is 0 Å². The molecule has 0 aliphatic rings. The van der Waals surface area contributed by atoms with Crippen molar-refractivity contribution in [1.29, 1.82) is 0 Å². The fourth-order valence-corrected chi connectivity index (χ4v) is 2.09. The standard InChI is InChI=1S/C19H16N2O4/c1-3-12-20-18(23)15-6-4-5-7-16(15)21-17(22)13-8-10-14(11-9-13)19(24)25-2/h1,4-11H,12H2,2H3,(H,20,23)(H,21,22). The fraction of sp³-hybridized carbons (Fsp3) is 0.105. The van der Waals surface area contributed by atoms with Crippen molar-refractivity contribution < 1.29 is 19.1 Å². The maximum Gasteiger partial charge on any atom is 0.337 e. The quantitative estimate of drug-likeness (QED) is 0.647. The Kier molecular flexibility index (Phi) is 5.91. The van der Waals surface area contributed by atoms with E-state index < -0.39 is 11.9 Å². The summed E-state index contributed by atoms with van der Waals surface area (Å²) in [6.45, 7) is 0.0934. The normalized spacial score (nSPS) is 9.60. The molecule has 0 spiro atoms. The highest BCUT2D eigenvalue weighted by Crippen LogP contribution is 2.16. The molecule has 126 valence electrons. The summed E-state index contributed by atoms with van der Waals surface area (Å²) in [7, 11) is 1.28. The number of ether oxygens (including phenoxy) is 1. The van der Waals surface area contributed by atoms with Crippen molar-refractivity contribution >= 4 is 23.5 Å². The predicted molar refractivity (Wildman–Crippen MR) is 93.3 cm³/mol. The summed E-state index contributed by atoms with van der Waals surface area (Å²) in [6.07, 6.45) is 5.13. The van der Waals surface area contributed by atoms with Crippen LogP contribution >= 0.6 is 0 Å². The third-order valence-corrected chi connectivity index (χ3v) is 3.34. The third kappa shape index (κ3) is 4.45. The number of para-hydroxylation sites is 1. The van der Waals surface area contributed by atoms with Gasteiger partial charge in [-0.15, -0.1) is 6.42 Å². The average Bonchev–Trinajstić information content (AvgIpc) is 2.66. The summed E-state index contributed by atoms with van der Waals surface area (Å²) in [4.78, 5) is 35.9. The Labute approximate surface area is 145 Å². The number of carbonyl (C=O) groups is 3. The van der Waals surface area contributed by atoms with Crippen LogP contribution in [0.1, 0.15) is 31.1 Å². The van der Waals surface area contributed by atoms with E-state index in [1.165, 1.54) is 31.4 Å². The summed E-state index contributed by atoms with van der Waals surface area (Å²) in [5.74, 6) is 1.04. The summed E-state index contributed by atoms with van der Waals surface area (Å²) >= 11 is 0. The Morgan fingerprint density at radius 2 is 1.64 bits per heavy atom. The first kappa shape index (κ1) is 17.8. The number of nitrogens with one attached hydrogen (secondary N) is 2. The van der Waals surface area contributed by atoms with Crippen LogP contribution < -0.4 is 10.6 Å². The van der Waals surface area contributed by atoms with Gasteiger partial charge in [-0.3, -0.25) is 9.59 Å². The summed E-state index contributed by atoms with van der Waals surface area (Å²) in [6, 6.07) is 12.6. The zero-order valence-corrected chi connectivity index (χ0v) is 13.5. The highest BCUT2D eigenvalue weighted by molar-refractivity contribution is 6.09. The van der Waals surface area contributed by atoms with Crippen LogP contribution in [0.4, 0.5) is 5.69 Å². The molecule has 0 aliphatic carbocycles. The van der Waals surface area contributed by atoms with Crippen LogP contribution in [0, 0.1) is 12.3 Å². The second-order valence-electron chi connectivity index (χ2n) is 4.96. The predicted octanol–water partition coefficient (Wildman–Crippen LogP) is 2.09. The van der Waals surface area contributed by atoms with Gasteiger partial charge in [0.05, 0.1) is 30.5 Å². The van der Waals surface area contributed by atoms with Gasteiger partial charge in [-0.05, 0) is 36.4 Å². The molecule has 2 aromatic rings. The maximum atomic E-state index is 12.4. The lowest BCUT2D eigenvalue weighted by Crippen LogP contribution is -2.25. The number of esters is 1. The minimum atomic E-state index is -0.484. The van der Waals surface area contributed by atoms with Gasteiger partial charge in [0.2, 0.25) is 0 Å². The monoisotopic (exact) mass is 336 g/mol. The van der Waals surface area contributed by atoms with Crippen LogP contribution in [0.5, 0.6) is 0 Å². The Hall–Kier alpha value is -3.59. The number of terminal acetylenes is 1. The van der Waals surface area contributed by atoms with E-state index in [4.69, 9.17) is 6.42 Å². The van der Waals surface area contributed by atoms with Crippen molar-refractivity contribution in [1.82, 2.24) is 5.32 Å². The van der Waals surface area contributed by atoms with E-state index in [0.29, 0.717) is 22.4 Å². The second kappa shape index (κ2) is 8.31. The molecule has 2 amide bonds. The van der Waals surface area contributed by atoms with Gasteiger partial charge in [0.15, 0.2) is 0 Å². The smallest absolute Gasteiger partial charge is 0.337 e. The van der Waals surface area contributed by atoms with Crippen LogP contribution in [0.3, 0.4) is 0 Å². The van der Waals surface area contributed by atoms with Crippen LogP contribution in [-0.4, -0.2) is 31.4 Å². The fourth-order valence-electron chi connectivity index (χ4n) is 2.09. The molecule has 2 aromatic carbocycles. The summed E-state index contributed by atoms with van der Waals surface area (Å²) < 4.78 is 4.61. The molecule has 0 heterocycles. The molecule has 0 aromatic heterocycles. The number of amides is 2. The number of methoxy groups -OCH3 is 1. The van der Waals surface area contributed by atoms with E-state index >= 15 is 0 Å². The van der Waals surface area contributed by atoms with Crippen molar-refractivity contribution in [2.45, 2.75) is 0 Å². The molecular weight excluding hydrogens is 320 g/mol. The molecule has 6 heteroatoms. The molecular formula is C19H16N2O4. The van der Waals surface area contributed by atoms with Gasteiger partial charge in [-0.25, -0.2) is 4.79 Å². The zero-order chi connectivity index (χ0) is 18.2. The van der Waals surface area contributed by atoms with Gasteiger partial charge in [0.25, 0.3) is 11.8 Å². The van der Waals surface area contributed by atoms with Gasteiger partial charge >= 0.3 is 5.97 Å². The first-order valence-corrected chi connectivity index (χ1v) is 7.37. The highest BCUT2D eigenvalue weighted by atomic mass is 16.5. The number of anilines is 1. The Bertz CT molecular complexity index is 835. The molecule has 25 heavy (non-hydrogen) atoms. The molecule has 0 bridgehead atoms. The van der Waals surface area contributed by atoms with Gasteiger partial charge in [-0.1, -0.05) is 18.1 Å². The number of hydrogen-bond acceptors (Lipinski definition) is 4. The average molecular weight is 336 g/mol. The Morgan fingerprint density at radius 3 is 2.28 bits per heavy atom. The van der Waals surface area contributed by atoms with Gasteiger partial charge in [-0.2, -0.15) is 0 Å². The molecule has 0 fully saturated rings. The molecule has 6 nitrogen and oxygen atoms in total. The van der Waals surface area contributed by atoms with Gasteiger partial charge in [0.1, 0.15) is 0 Å². The maximum absolute atomic E-state index is 12.4. The lowest BCUT2D eigenvalue weighted by atomic mass is 10.1. The van der Waals surface area contributed by atoms with Crippen molar-refractivity contribution in [2.75, 3.05) is 19.0 Å². The molecule has 2 N–H and O–H groups in total. The SMILES string of the molecule is C#CCNC(=O)c1ccccc1NC(=O)c1ccc(C(=O)OC)cc1. The second-order valence-corrected chi connectivity index (χ2v) is 4.96. The number of carbonyl (C=O) groups excluding carboxylic acids is 3. The number of rotatable bonds is 5. The van der Waals surface area contributed by atoms with Gasteiger partial charge in [0, 0.05) is 5.56 Å². The molecule has 0 unspecified atom stereocenters. The molecule has 0 saturated carbocycles. The third-order valence-electron chi connectivity index (χ3n) is 3.34. The molecule has 2 rings (SSSR count). The zero-order valence-electron chi connectivity index (χ0n) is 13.5. The largest absolute Gasteiger partial charge is 0.465 e. The highest BCUT2D eigenvalue weighted by Gasteiger charge is 2.14. The van der Waals surface area contributed by atoms with Crippen LogP contribution in [0.15, 0.2) is 48.5 Å². The molecule has 0 saturated heterocycles. The number of benzene rings is 2. The van der Waals surface area contributed by atoms with Crippen molar-refractivity contribution in [2.24, 2.45) is 0 Å². The first-order valence-electron chi connectivity index (χ1n) is 7.37. The summed E-state index contributed by atoms with van der Waals surface area (Å²) in [5, 5.41) is 5.23. The van der Waals surface area contributed by atoms with Crippen molar-refractivity contribution in [3.05, 3.63) is 65.2 Å². The van der Waals surface area contributed by atoms with E-state index in [2.05, 4.69) is 21.3 Å². The van der Waals surface area contributed by atoms with Crippen LogP contribution in [0.2, 0.25) is 0 Å². The first-order chi connectivity index (χ1) is 12.1. The summed E-state index contributed by atoms with van der Waals surface area (Å²) in [5.41, 5.74) is 1.34. The Morgan fingerprint density at radius 1 is 1.00 bits per heavy atom. The number of hydrogen-bond donors (Lipinski definition) is 2. The topological polar surface area (TPSA) is 84.5 Å². The minimum absolute atomic E-state index is 0.0934. The van der Waals surface area contributed by atoms with Crippen LogP contribution in [-0.2, 0) is 4.74 Å². The lowest BCUT2D eigenvalue weighted by Gasteiger charge is -2.11. The van der Waals surface area contributed by atoms with E-state index in [-0.39, 0.29) is 12.5 Å². The molecule has 0 aliphatic heterocycles. The van der Waals surface area contributed by atoms with Crippen molar-refractivity contribution in [3.63, 3.8) is 0 Å².